The molecule has 0 aromatic heterocycles. The van der Waals surface area contributed by atoms with Crippen LogP contribution >= 0.6 is 0 Å². The molecule has 0 bridgehead atoms. The number of nitrogens with two attached hydrogens (primary N) is 1. The van der Waals surface area contributed by atoms with E-state index in [0.717, 1.165) is 27.9 Å². The summed E-state index contributed by atoms with van der Waals surface area (Å²) in [6, 6.07) is 25.4. The maximum Gasteiger partial charge on any atom is 0.407 e. The fourth-order valence-electron chi connectivity index (χ4n) is 2.44. The molecule has 0 aliphatic heterocycles. The molecule has 0 unspecified atom stereocenters. The highest BCUT2D eigenvalue weighted by Gasteiger charge is 2.03. The van der Waals surface area contributed by atoms with Crippen LogP contribution in [0.25, 0.3) is 11.1 Å². The van der Waals surface area contributed by atoms with Crippen LogP contribution in [0.15, 0.2) is 78.9 Å². The Morgan fingerprint density at radius 2 is 1.40 bits per heavy atom. The van der Waals surface area contributed by atoms with E-state index in [0.29, 0.717) is 6.54 Å². The summed E-state index contributed by atoms with van der Waals surface area (Å²) in [5, 5.41) is 2.74. The van der Waals surface area contributed by atoms with Gasteiger partial charge in [0.15, 0.2) is 0 Å². The minimum Gasteiger partial charge on any atom is -0.445 e. The first-order chi connectivity index (χ1) is 12.2. The third-order valence-corrected chi connectivity index (χ3v) is 3.85. The van der Waals surface area contributed by atoms with Gasteiger partial charge >= 0.3 is 6.09 Å². The first kappa shape index (κ1) is 16.6. The van der Waals surface area contributed by atoms with Crippen molar-refractivity contribution in [3.8, 4) is 11.1 Å². The van der Waals surface area contributed by atoms with Crippen molar-refractivity contribution in [3.05, 3.63) is 90.0 Å². The summed E-state index contributed by atoms with van der Waals surface area (Å²) in [5.74, 6) is 0. The summed E-state index contributed by atoms with van der Waals surface area (Å²) in [5.41, 5.74) is 10.6. The maximum atomic E-state index is 11.8. The SMILES string of the molecule is Nc1ccc(-c2ccc(COC(=O)NCc3ccccc3)cc2)cc1. The van der Waals surface area contributed by atoms with Gasteiger partial charge in [-0.05, 0) is 34.4 Å². The lowest BCUT2D eigenvalue weighted by Gasteiger charge is -2.08. The van der Waals surface area contributed by atoms with E-state index in [9.17, 15) is 4.79 Å². The number of hydrogen-bond donors (Lipinski definition) is 2. The first-order valence-corrected chi connectivity index (χ1v) is 8.10. The van der Waals surface area contributed by atoms with E-state index in [-0.39, 0.29) is 6.61 Å². The number of anilines is 1. The van der Waals surface area contributed by atoms with Gasteiger partial charge in [-0.3, -0.25) is 0 Å². The zero-order chi connectivity index (χ0) is 17.5. The Hall–Kier alpha value is -3.27. The molecule has 0 fully saturated rings. The van der Waals surface area contributed by atoms with Crippen molar-refractivity contribution in [1.82, 2.24) is 5.32 Å². The third-order valence-electron chi connectivity index (χ3n) is 3.85. The minimum atomic E-state index is -0.425. The zero-order valence-corrected chi connectivity index (χ0v) is 13.8. The van der Waals surface area contributed by atoms with Gasteiger partial charge in [0.1, 0.15) is 6.61 Å². The Kier molecular flexibility index (Phi) is 5.32. The average Bonchev–Trinajstić information content (AvgIpc) is 2.67. The predicted molar refractivity (Wildman–Crippen MR) is 99.8 cm³/mol. The minimum absolute atomic E-state index is 0.239. The fourth-order valence-corrected chi connectivity index (χ4v) is 2.44. The Balaban J connectivity index is 1.50. The summed E-state index contributed by atoms with van der Waals surface area (Å²) in [7, 11) is 0. The van der Waals surface area contributed by atoms with Crippen LogP contribution in [0.3, 0.4) is 0 Å². The van der Waals surface area contributed by atoms with Crippen molar-refractivity contribution < 1.29 is 9.53 Å². The molecule has 3 N–H and O–H groups in total. The van der Waals surface area contributed by atoms with Crippen LogP contribution in [0.5, 0.6) is 0 Å². The molecule has 25 heavy (non-hydrogen) atoms. The molecule has 0 aliphatic carbocycles. The number of ether oxygens (including phenoxy) is 1. The van der Waals surface area contributed by atoms with Crippen LogP contribution in [0.4, 0.5) is 10.5 Å². The molecule has 0 saturated heterocycles. The number of amides is 1. The van der Waals surface area contributed by atoms with Crippen LogP contribution in [-0.2, 0) is 17.9 Å². The zero-order valence-electron chi connectivity index (χ0n) is 13.8. The number of carbonyl (C=O) groups is 1. The smallest absolute Gasteiger partial charge is 0.407 e. The second-order valence-corrected chi connectivity index (χ2v) is 5.73. The molecule has 0 heterocycles. The van der Waals surface area contributed by atoms with Crippen molar-refractivity contribution in [2.24, 2.45) is 0 Å². The molecule has 0 spiro atoms. The van der Waals surface area contributed by atoms with Crippen molar-refractivity contribution >= 4 is 11.8 Å². The number of rotatable bonds is 5. The highest BCUT2D eigenvalue weighted by atomic mass is 16.5. The Morgan fingerprint density at radius 1 is 0.800 bits per heavy atom. The maximum absolute atomic E-state index is 11.8. The van der Waals surface area contributed by atoms with Crippen molar-refractivity contribution in [1.29, 1.82) is 0 Å². The largest absolute Gasteiger partial charge is 0.445 e. The summed E-state index contributed by atoms with van der Waals surface area (Å²) >= 11 is 0. The Labute approximate surface area is 147 Å². The van der Waals surface area contributed by atoms with Crippen molar-refractivity contribution in [3.63, 3.8) is 0 Å². The van der Waals surface area contributed by atoms with Gasteiger partial charge in [0.05, 0.1) is 0 Å². The molecule has 0 radical (unpaired) electrons. The summed E-state index contributed by atoms with van der Waals surface area (Å²) < 4.78 is 5.24. The summed E-state index contributed by atoms with van der Waals surface area (Å²) in [6.07, 6.45) is -0.425. The normalized spacial score (nSPS) is 10.2. The highest BCUT2D eigenvalue weighted by molar-refractivity contribution is 5.67. The van der Waals surface area contributed by atoms with Gasteiger partial charge in [-0.15, -0.1) is 0 Å². The van der Waals surface area contributed by atoms with Gasteiger partial charge in [0.2, 0.25) is 0 Å². The number of carbonyl (C=O) groups excluding carboxylic acids is 1. The number of nitrogens with one attached hydrogen (secondary N) is 1. The van der Waals surface area contributed by atoms with Crippen LogP contribution < -0.4 is 11.1 Å². The molecular weight excluding hydrogens is 312 g/mol. The second-order valence-electron chi connectivity index (χ2n) is 5.73. The van der Waals surface area contributed by atoms with E-state index in [4.69, 9.17) is 10.5 Å². The van der Waals surface area contributed by atoms with Gasteiger partial charge in [0, 0.05) is 12.2 Å². The van der Waals surface area contributed by atoms with Gasteiger partial charge in [-0.25, -0.2) is 4.79 Å². The predicted octanol–water partition coefficient (Wildman–Crippen LogP) is 4.36. The van der Waals surface area contributed by atoms with E-state index in [1.54, 1.807) is 0 Å². The summed E-state index contributed by atoms with van der Waals surface area (Å²) in [6.45, 7) is 0.693. The first-order valence-electron chi connectivity index (χ1n) is 8.10. The molecule has 4 heteroatoms. The molecule has 0 atom stereocenters. The lowest BCUT2D eigenvalue weighted by atomic mass is 10.0. The molecule has 4 nitrogen and oxygen atoms in total. The average molecular weight is 332 g/mol. The van der Waals surface area contributed by atoms with Gasteiger partial charge < -0.3 is 15.8 Å². The molecule has 3 aromatic rings. The van der Waals surface area contributed by atoms with Crippen molar-refractivity contribution in [2.75, 3.05) is 5.73 Å². The van der Waals surface area contributed by atoms with Gasteiger partial charge in [-0.1, -0.05) is 66.7 Å². The topological polar surface area (TPSA) is 64.3 Å². The van der Waals surface area contributed by atoms with Gasteiger partial charge in [-0.2, -0.15) is 0 Å². The molecule has 1 amide bonds. The fraction of sp³-hybridized carbons (Fsp3) is 0.0952. The van der Waals surface area contributed by atoms with Crippen molar-refractivity contribution in [2.45, 2.75) is 13.2 Å². The van der Waals surface area contributed by atoms with Crippen LogP contribution in [-0.4, -0.2) is 6.09 Å². The molecular formula is C21H20N2O2. The van der Waals surface area contributed by atoms with E-state index >= 15 is 0 Å². The number of alkyl carbamates (subject to hydrolysis) is 1. The van der Waals surface area contributed by atoms with E-state index in [1.165, 1.54) is 0 Å². The molecule has 0 aliphatic rings. The van der Waals surface area contributed by atoms with Crippen LogP contribution in [0.1, 0.15) is 11.1 Å². The van der Waals surface area contributed by atoms with Crippen LogP contribution in [0.2, 0.25) is 0 Å². The Morgan fingerprint density at radius 3 is 2.04 bits per heavy atom. The Bertz CT molecular complexity index is 813. The number of benzene rings is 3. The second kappa shape index (κ2) is 8.02. The molecule has 0 saturated carbocycles. The molecule has 3 aromatic carbocycles. The highest BCUT2D eigenvalue weighted by Crippen LogP contribution is 2.21. The van der Waals surface area contributed by atoms with E-state index in [2.05, 4.69) is 5.32 Å². The van der Waals surface area contributed by atoms with Gasteiger partial charge in [0.25, 0.3) is 0 Å². The quantitative estimate of drug-likeness (QED) is 0.682. The number of hydrogen-bond acceptors (Lipinski definition) is 3. The monoisotopic (exact) mass is 332 g/mol. The van der Waals surface area contributed by atoms with E-state index in [1.807, 2.05) is 78.9 Å². The number of nitrogen functional groups attached to an aromatic ring is 1. The molecule has 3 rings (SSSR count). The van der Waals surface area contributed by atoms with Crippen LogP contribution in [0, 0.1) is 0 Å². The lowest BCUT2D eigenvalue weighted by Crippen LogP contribution is -2.23. The standard InChI is InChI=1S/C21H20N2O2/c22-20-12-10-19(11-13-20)18-8-6-17(7-9-18)15-25-21(24)23-14-16-4-2-1-3-5-16/h1-13H,14-15,22H2,(H,23,24). The lowest BCUT2D eigenvalue weighted by molar-refractivity contribution is 0.139. The molecule has 126 valence electrons. The van der Waals surface area contributed by atoms with E-state index < -0.39 is 6.09 Å². The third kappa shape index (κ3) is 4.85. The summed E-state index contributed by atoms with van der Waals surface area (Å²) in [4.78, 5) is 11.8.